The number of nitrogens with zero attached hydrogens (tertiary/aromatic N) is 2. The molecule has 0 unspecified atom stereocenters. The molecule has 0 bridgehead atoms. The van der Waals surface area contributed by atoms with E-state index in [9.17, 15) is 18.0 Å². The largest absolute Gasteiger partial charge is 0.372 e. The lowest BCUT2D eigenvalue weighted by Crippen LogP contribution is -2.39. The van der Waals surface area contributed by atoms with Crippen LogP contribution in [0, 0.1) is 0 Å². The maximum Gasteiger partial charge on any atom is 0.315 e. The van der Waals surface area contributed by atoms with E-state index in [2.05, 4.69) is 39.8 Å². The topological polar surface area (TPSA) is 98.8 Å². The van der Waals surface area contributed by atoms with E-state index in [1.165, 1.54) is 24.9 Å². The Bertz CT molecular complexity index is 928. The number of nitrogens with one attached hydrogen (secondary N) is 2. The second-order valence-corrected chi connectivity index (χ2v) is 11.6. The Morgan fingerprint density at radius 3 is 2.53 bits per heavy atom. The summed E-state index contributed by atoms with van der Waals surface area (Å²) < 4.78 is 24.8. The molecule has 3 aliphatic rings. The van der Waals surface area contributed by atoms with E-state index in [-0.39, 0.29) is 29.8 Å². The predicted molar refractivity (Wildman–Crippen MR) is 124 cm³/mol. The normalized spacial score (nSPS) is 26.3. The molecule has 1 aromatic rings. The number of carbonyl (C=O) groups is 2. The van der Waals surface area contributed by atoms with Gasteiger partial charge in [-0.05, 0) is 49.8 Å². The van der Waals surface area contributed by atoms with Crippen LogP contribution >= 0.6 is 0 Å². The number of anilines is 1. The van der Waals surface area contributed by atoms with Gasteiger partial charge in [0.15, 0.2) is 9.84 Å². The van der Waals surface area contributed by atoms with Crippen LogP contribution in [0.3, 0.4) is 0 Å². The monoisotopic (exact) mass is 462 g/mol. The van der Waals surface area contributed by atoms with E-state index >= 15 is 0 Å². The molecule has 8 nitrogen and oxygen atoms in total. The van der Waals surface area contributed by atoms with Crippen LogP contribution in [-0.4, -0.2) is 68.5 Å². The highest BCUT2D eigenvalue weighted by Gasteiger charge is 2.51. The van der Waals surface area contributed by atoms with Gasteiger partial charge in [0.05, 0.1) is 23.1 Å². The molecule has 3 fully saturated rings. The molecule has 9 heteroatoms. The highest BCUT2D eigenvalue weighted by molar-refractivity contribution is 7.92. The molecular weight excluding hydrogens is 428 g/mol. The van der Waals surface area contributed by atoms with Gasteiger partial charge in [0.2, 0.25) is 5.91 Å². The van der Waals surface area contributed by atoms with Gasteiger partial charge in [0.1, 0.15) is 0 Å². The average molecular weight is 463 g/mol. The maximum absolute atomic E-state index is 12.5. The van der Waals surface area contributed by atoms with E-state index < -0.39 is 15.1 Å². The van der Waals surface area contributed by atoms with Crippen molar-refractivity contribution in [3.05, 3.63) is 29.8 Å². The van der Waals surface area contributed by atoms with Gasteiger partial charge in [-0.15, -0.1) is 0 Å². The standard InChI is InChI=1S/C23H34N4O4S/c1-26(15-17-9-11-18(12-10-17)27-13-5-2-6-14-27)21(28)8-4-3-7-20-22-19(16-32(20,30)31)24-23(29)25-22/h9-12,19-20,22H,2-8,13-16H2,1H3,(H2,24,25,29)/t19-,20-,22+/m1/s1. The minimum Gasteiger partial charge on any atom is -0.372 e. The van der Waals surface area contributed by atoms with Crippen LogP contribution in [0.5, 0.6) is 0 Å². The number of piperidine rings is 1. The summed E-state index contributed by atoms with van der Waals surface area (Å²) in [5.41, 5.74) is 2.36. The highest BCUT2D eigenvalue weighted by Crippen LogP contribution is 2.28. The van der Waals surface area contributed by atoms with Crippen LogP contribution in [0.1, 0.15) is 50.5 Å². The first-order valence-electron chi connectivity index (χ1n) is 11.7. The molecule has 4 rings (SSSR count). The SMILES string of the molecule is CN(Cc1ccc(N2CCCCC2)cc1)C(=O)CCCC[C@@H]1[C@H]2NC(=O)N[C@@H]2CS1(=O)=O. The van der Waals surface area contributed by atoms with Crippen LogP contribution in [0.4, 0.5) is 10.5 Å². The maximum atomic E-state index is 12.5. The van der Waals surface area contributed by atoms with Crippen molar-refractivity contribution in [3.63, 3.8) is 0 Å². The molecule has 3 heterocycles. The van der Waals surface area contributed by atoms with Crippen molar-refractivity contribution in [1.29, 1.82) is 0 Å². The Kier molecular flexibility index (Phi) is 6.93. The fraction of sp³-hybridized carbons (Fsp3) is 0.652. The minimum atomic E-state index is -3.22. The third-order valence-electron chi connectivity index (χ3n) is 6.95. The Morgan fingerprint density at radius 1 is 1.09 bits per heavy atom. The fourth-order valence-corrected chi connectivity index (χ4v) is 7.41. The van der Waals surface area contributed by atoms with Crippen LogP contribution in [-0.2, 0) is 21.2 Å². The van der Waals surface area contributed by atoms with E-state index in [0.717, 1.165) is 18.7 Å². The molecule has 0 saturated carbocycles. The van der Waals surface area contributed by atoms with Crippen LogP contribution < -0.4 is 15.5 Å². The van der Waals surface area contributed by atoms with E-state index in [4.69, 9.17) is 0 Å². The second kappa shape index (κ2) is 9.68. The number of fused-ring (bicyclic) bond motifs is 1. The van der Waals surface area contributed by atoms with Gasteiger partial charge in [-0.2, -0.15) is 0 Å². The van der Waals surface area contributed by atoms with Gasteiger partial charge in [-0.1, -0.05) is 18.6 Å². The number of hydrogen-bond acceptors (Lipinski definition) is 5. The highest BCUT2D eigenvalue weighted by atomic mass is 32.2. The minimum absolute atomic E-state index is 0.000703. The Hall–Kier alpha value is -2.29. The number of sulfone groups is 1. The molecule has 2 N–H and O–H groups in total. The molecule has 3 atom stereocenters. The summed E-state index contributed by atoms with van der Waals surface area (Å²) in [5, 5.41) is 4.85. The molecule has 3 amide bonds. The molecule has 3 saturated heterocycles. The second-order valence-electron chi connectivity index (χ2n) is 9.33. The van der Waals surface area contributed by atoms with Gasteiger partial charge in [0, 0.05) is 38.8 Å². The first-order valence-corrected chi connectivity index (χ1v) is 13.4. The molecule has 32 heavy (non-hydrogen) atoms. The van der Waals surface area contributed by atoms with Crippen molar-refractivity contribution in [2.45, 2.75) is 68.8 Å². The van der Waals surface area contributed by atoms with Crippen molar-refractivity contribution in [3.8, 4) is 0 Å². The van der Waals surface area contributed by atoms with Crippen molar-refractivity contribution in [2.75, 3.05) is 30.8 Å². The molecule has 176 valence electrons. The third kappa shape index (κ3) is 5.19. The van der Waals surface area contributed by atoms with Gasteiger partial charge in [-0.25, -0.2) is 13.2 Å². The molecule has 0 aliphatic carbocycles. The lowest BCUT2D eigenvalue weighted by Gasteiger charge is -2.29. The molecule has 0 radical (unpaired) electrons. The van der Waals surface area contributed by atoms with E-state index in [1.54, 1.807) is 4.90 Å². The molecular formula is C23H34N4O4S. The van der Waals surface area contributed by atoms with Gasteiger partial charge < -0.3 is 20.4 Å². The van der Waals surface area contributed by atoms with Crippen molar-refractivity contribution in [1.82, 2.24) is 15.5 Å². The average Bonchev–Trinajstić information content (AvgIpc) is 3.23. The van der Waals surface area contributed by atoms with E-state index in [0.29, 0.717) is 32.2 Å². The lowest BCUT2D eigenvalue weighted by molar-refractivity contribution is -0.130. The third-order valence-corrected chi connectivity index (χ3v) is 9.23. The number of urea groups is 1. The first kappa shape index (κ1) is 22.9. The summed E-state index contributed by atoms with van der Waals surface area (Å²) in [6, 6.07) is 7.51. The number of unbranched alkanes of at least 4 members (excludes halogenated alkanes) is 1. The number of amides is 3. The fourth-order valence-electron chi connectivity index (χ4n) is 5.14. The number of rotatable bonds is 8. The first-order chi connectivity index (χ1) is 15.3. The predicted octanol–water partition coefficient (Wildman–Crippen LogP) is 2.04. The van der Waals surface area contributed by atoms with Crippen molar-refractivity contribution in [2.24, 2.45) is 0 Å². The summed E-state index contributed by atoms with van der Waals surface area (Å²) in [4.78, 5) is 28.2. The zero-order valence-electron chi connectivity index (χ0n) is 18.8. The zero-order valence-corrected chi connectivity index (χ0v) is 19.6. The summed E-state index contributed by atoms with van der Waals surface area (Å²) >= 11 is 0. The summed E-state index contributed by atoms with van der Waals surface area (Å²) in [6.07, 6.45) is 5.97. The molecule has 1 aromatic carbocycles. The van der Waals surface area contributed by atoms with Crippen LogP contribution in [0.25, 0.3) is 0 Å². The smallest absolute Gasteiger partial charge is 0.315 e. The number of hydrogen-bond donors (Lipinski definition) is 2. The van der Waals surface area contributed by atoms with Crippen LogP contribution in [0.15, 0.2) is 24.3 Å². The van der Waals surface area contributed by atoms with E-state index in [1.807, 2.05) is 7.05 Å². The van der Waals surface area contributed by atoms with Gasteiger partial charge in [0.25, 0.3) is 0 Å². The Morgan fingerprint density at radius 2 is 1.81 bits per heavy atom. The van der Waals surface area contributed by atoms with Crippen molar-refractivity contribution < 1.29 is 18.0 Å². The molecule has 0 spiro atoms. The molecule has 0 aromatic heterocycles. The van der Waals surface area contributed by atoms with Crippen LogP contribution in [0.2, 0.25) is 0 Å². The zero-order chi connectivity index (χ0) is 22.7. The Labute approximate surface area is 190 Å². The summed E-state index contributed by atoms with van der Waals surface area (Å²) in [5.74, 6) is 0.0624. The lowest BCUT2D eigenvalue weighted by atomic mass is 10.0. The van der Waals surface area contributed by atoms with Gasteiger partial charge >= 0.3 is 6.03 Å². The van der Waals surface area contributed by atoms with Gasteiger partial charge in [-0.3, -0.25) is 4.79 Å². The van der Waals surface area contributed by atoms with Crippen molar-refractivity contribution >= 4 is 27.5 Å². The molecule has 3 aliphatic heterocycles. The quantitative estimate of drug-likeness (QED) is 0.455. The Balaban J connectivity index is 1.20. The number of carbonyl (C=O) groups excluding carboxylic acids is 2. The summed E-state index contributed by atoms with van der Waals surface area (Å²) in [7, 11) is -1.40. The summed E-state index contributed by atoms with van der Waals surface area (Å²) in [6.45, 7) is 2.80. The number of benzene rings is 1.